The lowest BCUT2D eigenvalue weighted by atomic mass is 10.1. The Morgan fingerprint density at radius 1 is 1.10 bits per heavy atom. The van der Waals surface area contributed by atoms with Crippen molar-refractivity contribution >= 4 is 40.5 Å². The molecule has 0 aliphatic carbocycles. The Balaban J connectivity index is 1.83. The van der Waals surface area contributed by atoms with Crippen molar-refractivity contribution in [1.82, 2.24) is 0 Å². The Morgan fingerprint density at radius 2 is 1.90 bits per heavy atom. The van der Waals surface area contributed by atoms with Gasteiger partial charge < -0.3 is 10.1 Å². The third-order valence-electron chi connectivity index (χ3n) is 3.60. The molecule has 1 heterocycles. The Kier molecular flexibility index (Phi) is 4.21. The van der Waals surface area contributed by atoms with Gasteiger partial charge in [0.25, 0.3) is 0 Å². The van der Waals surface area contributed by atoms with Gasteiger partial charge >= 0.3 is 0 Å². The fraction of sp³-hybridized carbons (Fsp3) is 0.250. The van der Waals surface area contributed by atoms with Crippen LogP contribution in [0.3, 0.4) is 0 Å². The first-order chi connectivity index (χ1) is 10.1. The van der Waals surface area contributed by atoms with Crippen molar-refractivity contribution in [2.45, 2.75) is 19.4 Å². The molecule has 1 aliphatic heterocycles. The number of benzene rings is 2. The zero-order chi connectivity index (χ0) is 15.0. The molecule has 3 rings (SSSR count). The van der Waals surface area contributed by atoms with E-state index in [0.717, 1.165) is 30.0 Å². The average molecular weight is 343 g/mol. The lowest BCUT2D eigenvalue weighted by Crippen LogP contribution is -2.07. The Hall–Kier alpha value is -1.09. The van der Waals surface area contributed by atoms with Crippen molar-refractivity contribution in [3.8, 4) is 5.75 Å². The molecular weight excluding hydrogens is 329 g/mol. The van der Waals surface area contributed by atoms with Crippen LogP contribution in [0.15, 0.2) is 30.3 Å². The third-order valence-corrected chi connectivity index (χ3v) is 4.91. The van der Waals surface area contributed by atoms with E-state index in [4.69, 9.17) is 39.5 Å². The molecule has 0 saturated heterocycles. The van der Waals surface area contributed by atoms with Gasteiger partial charge in [0.2, 0.25) is 0 Å². The predicted molar refractivity (Wildman–Crippen MR) is 89.2 cm³/mol. The van der Waals surface area contributed by atoms with Crippen LogP contribution in [0.25, 0.3) is 0 Å². The second-order valence-corrected chi connectivity index (χ2v) is 6.21. The second kappa shape index (κ2) is 5.96. The van der Waals surface area contributed by atoms with Gasteiger partial charge in [-0.25, -0.2) is 0 Å². The van der Waals surface area contributed by atoms with Crippen LogP contribution in [0.5, 0.6) is 5.75 Å². The average Bonchev–Trinajstić information content (AvgIpc) is 2.92. The normalized spacial score (nSPS) is 14.5. The summed E-state index contributed by atoms with van der Waals surface area (Å²) in [6.45, 7) is 2.79. The van der Waals surface area contributed by atoms with Crippen LogP contribution in [0.4, 0.5) is 5.69 Å². The van der Waals surface area contributed by atoms with E-state index in [-0.39, 0.29) is 6.04 Å². The number of hydrogen-bond acceptors (Lipinski definition) is 2. The van der Waals surface area contributed by atoms with Crippen LogP contribution in [-0.4, -0.2) is 6.61 Å². The topological polar surface area (TPSA) is 21.3 Å². The molecule has 1 atom stereocenters. The quantitative estimate of drug-likeness (QED) is 0.717. The second-order valence-electron chi connectivity index (χ2n) is 5.05. The van der Waals surface area contributed by atoms with Crippen molar-refractivity contribution in [1.29, 1.82) is 0 Å². The van der Waals surface area contributed by atoms with Crippen LogP contribution in [0.1, 0.15) is 24.1 Å². The summed E-state index contributed by atoms with van der Waals surface area (Å²) in [4.78, 5) is 0. The van der Waals surface area contributed by atoms with E-state index < -0.39 is 0 Å². The number of anilines is 1. The van der Waals surface area contributed by atoms with Crippen LogP contribution in [0.2, 0.25) is 15.1 Å². The maximum Gasteiger partial charge on any atom is 0.122 e. The molecule has 110 valence electrons. The van der Waals surface area contributed by atoms with Gasteiger partial charge in [-0.05, 0) is 42.3 Å². The standard InChI is InChI=1S/C16H14Cl3NO/c1-9(12-3-4-13(17)16(19)15(12)18)20-11-2-5-14-10(8-11)6-7-21-14/h2-5,8-9,20H,6-7H2,1H3. The minimum Gasteiger partial charge on any atom is -0.493 e. The molecule has 0 spiro atoms. The zero-order valence-electron chi connectivity index (χ0n) is 11.4. The van der Waals surface area contributed by atoms with Crippen molar-refractivity contribution in [2.75, 3.05) is 11.9 Å². The first-order valence-electron chi connectivity index (χ1n) is 6.72. The third kappa shape index (κ3) is 2.94. The first kappa shape index (κ1) is 14.8. The van der Waals surface area contributed by atoms with Gasteiger partial charge in [-0.15, -0.1) is 0 Å². The smallest absolute Gasteiger partial charge is 0.122 e. The Bertz CT molecular complexity index is 687. The minimum absolute atomic E-state index is 0.0210. The molecule has 2 aromatic carbocycles. The highest BCUT2D eigenvalue weighted by molar-refractivity contribution is 6.48. The number of halogens is 3. The molecule has 1 aliphatic rings. The lowest BCUT2D eigenvalue weighted by Gasteiger charge is -2.18. The molecule has 0 amide bonds. The van der Waals surface area contributed by atoms with E-state index in [2.05, 4.69) is 11.4 Å². The number of rotatable bonds is 3. The van der Waals surface area contributed by atoms with Crippen LogP contribution in [0, 0.1) is 0 Å². The van der Waals surface area contributed by atoms with Gasteiger partial charge in [0.05, 0.1) is 27.7 Å². The molecule has 1 N–H and O–H groups in total. The molecule has 0 saturated carbocycles. The van der Waals surface area contributed by atoms with Crippen molar-refractivity contribution in [3.63, 3.8) is 0 Å². The predicted octanol–water partition coefficient (Wildman–Crippen LogP) is 5.75. The van der Waals surface area contributed by atoms with Gasteiger partial charge in [-0.3, -0.25) is 0 Å². The summed E-state index contributed by atoms with van der Waals surface area (Å²) in [5.74, 6) is 0.973. The number of hydrogen-bond donors (Lipinski definition) is 1. The maximum absolute atomic E-state index is 6.28. The Labute approximate surface area is 139 Å². The maximum atomic E-state index is 6.28. The molecule has 0 bridgehead atoms. The highest BCUT2D eigenvalue weighted by Crippen LogP contribution is 2.37. The van der Waals surface area contributed by atoms with Gasteiger partial charge in [-0.1, -0.05) is 40.9 Å². The van der Waals surface area contributed by atoms with Gasteiger partial charge in [0, 0.05) is 12.1 Å². The van der Waals surface area contributed by atoms with E-state index in [1.165, 1.54) is 5.56 Å². The fourth-order valence-electron chi connectivity index (χ4n) is 2.48. The highest BCUT2D eigenvalue weighted by atomic mass is 35.5. The highest BCUT2D eigenvalue weighted by Gasteiger charge is 2.16. The zero-order valence-corrected chi connectivity index (χ0v) is 13.7. The van der Waals surface area contributed by atoms with Crippen molar-refractivity contribution in [2.24, 2.45) is 0 Å². The summed E-state index contributed by atoms with van der Waals surface area (Å²) in [5.41, 5.74) is 3.18. The summed E-state index contributed by atoms with van der Waals surface area (Å²) in [7, 11) is 0. The summed E-state index contributed by atoms with van der Waals surface area (Å²) in [6, 6.07) is 9.79. The van der Waals surface area contributed by atoms with E-state index in [1.54, 1.807) is 6.07 Å². The minimum atomic E-state index is 0.0210. The van der Waals surface area contributed by atoms with E-state index in [0.29, 0.717) is 15.1 Å². The van der Waals surface area contributed by atoms with Crippen LogP contribution >= 0.6 is 34.8 Å². The SMILES string of the molecule is CC(Nc1ccc2c(c1)CCO2)c1ccc(Cl)c(Cl)c1Cl. The van der Waals surface area contributed by atoms with Crippen LogP contribution in [-0.2, 0) is 6.42 Å². The van der Waals surface area contributed by atoms with E-state index in [1.807, 2.05) is 25.1 Å². The van der Waals surface area contributed by atoms with Crippen LogP contribution < -0.4 is 10.1 Å². The molecule has 2 nitrogen and oxygen atoms in total. The summed E-state index contributed by atoms with van der Waals surface area (Å²) < 4.78 is 5.51. The molecule has 21 heavy (non-hydrogen) atoms. The van der Waals surface area contributed by atoms with Gasteiger partial charge in [0.1, 0.15) is 5.75 Å². The van der Waals surface area contributed by atoms with Crippen molar-refractivity contribution < 1.29 is 4.74 Å². The Morgan fingerprint density at radius 3 is 2.71 bits per heavy atom. The number of nitrogens with one attached hydrogen (secondary N) is 1. The molecule has 0 fully saturated rings. The largest absolute Gasteiger partial charge is 0.493 e. The van der Waals surface area contributed by atoms with Gasteiger partial charge in [-0.2, -0.15) is 0 Å². The van der Waals surface area contributed by atoms with E-state index in [9.17, 15) is 0 Å². The number of ether oxygens (including phenoxy) is 1. The lowest BCUT2D eigenvalue weighted by molar-refractivity contribution is 0.357. The van der Waals surface area contributed by atoms with Crippen molar-refractivity contribution in [3.05, 3.63) is 56.5 Å². The molecule has 2 aromatic rings. The van der Waals surface area contributed by atoms with E-state index >= 15 is 0 Å². The summed E-state index contributed by atoms with van der Waals surface area (Å²) in [6.07, 6.45) is 0.951. The molecular formula is C16H14Cl3NO. The summed E-state index contributed by atoms with van der Waals surface area (Å²) >= 11 is 18.3. The molecule has 1 unspecified atom stereocenters. The number of fused-ring (bicyclic) bond motifs is 1. The monoisotopic (exact) mass is 341 g/mol. The first-order valence-corrected chi connectivity index (χ1v) is 7.85. The molecule has 0 aromatic heterocycles. The molecule has 5 heteroatoms. The fourth-order valence-corrected chi connectivity index (χ4v) is 3.19. The van der Waals surface area contributed by atoms with Gasteiger partial charge in [0.15, 0.2) is 0 Å². The molecule has 0 radical (unpaired) electrons. The summed E-state index contributed by atoms with van der Waals surface area (Å²) in [5, 5.41) is 4.79.